The van der Waals surface area contributed by atoms with Gasteiger partial charge in [-0.25, -0.2) is 14.5 Å². The number of imide groups is 2. The number of benzene rings is 2. The Bertz CT molecular complexity index is 1260. The predicted molar refractivity (Wildman–Crippen MR) is 122 cm³/mol. The lowest BCUT2D eigenvalue weighted by Gasteiger charge is -2.26. The number of carbonyl (C=O) groups excluding carboxylic acids is 4. The zero-order chi connectivity index (χ0) is 25.1. The van der Waals surface area contributed by atoms with Crippen LogP contribution in [-0.4, -0.2) is 50.9 Å². The second-order valence-corrected chi connectivity index (χ2v) is 7.53. The molecule has 35 heavy (non-hydrogen) atoms. The monoisotopic (exact) mass is 502 g/mol. The fourth-order valence-corrected chi connectivity index (χ4v) is 3.62. The zero-order valence-electron chi connectivity index (χ0n) is 18.6. The average molecular weight is 503 g/mol. The molecule has 2 aromatic carbocycles. The Morgan fingerprint density at radius 1 is 1.14 bits per heavy atom. The number of amides is 4. The summed E-state index contributed by atoms with van der Waals surface area (Å²) < 4.78 is 26.1. The molecular formula is C23H19ClN2O9. The first-order valence-corrected chi connectivity index (χ1v) is 10.7. The van der Waals surface area contributed by atoms with Gasteiger partial charge in [0.2, 0.25) is 6.79 Å². The largest absolute Gasteiger partial charge is 0.490 e. The van der Waals surface area contributed by atoms with Crippen molar-refractivity contribution in [3.63, 3.8) is 0 Å². The number of nitrogens with one attached hydrogen (secondary N) is 1. The van der Waals surface area contributed by atoms with Gasteiger partial charge in [-0.3, -0.25) is 14.9 Å². The zero-order valence-corrected chi connectivity index (χ0v) is 19.3. The summed E-state index contributed by atoms with van der Waals surface area (Å²) in [7, 11) is 1.22. The molecule has 0 aliphatic carbocycles. The van der Waals surface area contributed by atoms with Crippen LogP contribution in [0.2, 0.25) is 5.02 Å². The van der Waals surface area contributed by atoms with Gasteiger partial charge in [-0.05, 0) is 42.8 Å². The third-order valence-corrected chi connectivity index (χ3v) is 5.20. The van der Waals surface area contributed by atoms with Crippen molar-refractivity contribution in [1.82, 2.24) is 5.32 Å². The SMILES string of the molecule is CCOc1cc(/C=C2\C(=O)NC(=O)N(c3ccc4c(c3)OCO4)C2=O)cc(Cl)c1OCC(=O)OC. The Kier molecular flexibility index (Phi) is 6.78. The van der Waals surface area contributed by atoms with E-state index in [1.54, 1.807) is 13.0 Å². The number of hydrogen-bond donors (Lipinski definition) is 1. The van der Waals surface area contributed by atoms with Gasteiger partial charge in [-0.2, -0.15) is 0 Å². The van der Waals surface area contributed by atoms with Crippen molar-refractivity contribution >= 4 is 47.2 Å². The lowest BCUT2D eigenvalue weighted by Crippen LogP contribution is -2.54. The fourth-order valence-electron chi connectivity index (χ4n) is 3.35. The van der Waals surface area contributed by atoms with Crippen LogP contribution in [0.1, 0.15) is 12.5 Å². The molecule has 182 valence electrons. The quantitative estimate of drug-likeness (QED) is 0.345. The van der Waals surface area contributed by atoms with Crippen LogP contribution in [0.25, 0.3) is 6.08 Å². The van der Waals surface area contributed by atoms with Gasteiger partial charge in [-0.15, -0.1) is 0 Å². The molecular weight excluding hydrogens is 484 g/mol. The van der Waals surface area contributed by atoms with Crippen LogP contribution < -0.4 is 29.2 Å². The summed E-state index contributed by atoms with van der Waals surface area (Å²) in [6.07, 6.45) is 1.27. The summed E-state index contributed by atoms with van der Waals surface area (Å²) in [6.45, 7) is 1.60. The third-order valence-electron chi connectivity index (χ3n) is 4.92. The fraction of sp³-hybridized carbons (Fsp3) is 0.217. The maximum atomic E-state index is 13.2. The van der Waals surface area contributed by atoms with E-state index in [-0.39, 0.29) is 41.2 Å². The van der Waals surface area contributed by atoms with E-state index in [0.717, 1.165) is 4.90 Å². The van der Waals surface area contributed by atoms with Crippen molar-refractivity contribution in [3.8, 4) is 23.0 Å². The summed E-state index contributed by atoms with van der Waals surface area (Å²) in [5.74, 6) is -1.23. The van der Waals surface area contributed by atoms with Crippen LogP contribution >= 0.6 is 11.6 Å². The molecule has 1 saturated heterocycles. The Hall–Kier alpha value is -4.25. The van der Waals surface area contributed by atoms with Crippen molar-refractivity contribution in [2.24, 2.45) is 0 Å². The first-order valence-electron chi connectivity index (χ1n) is 10.3. The Morgan fingerprint density at radius 2 is 1.91 bits per heavy atom. The Morgan fingerprint density at radius 3 is 2.66 bits per heavy atom. The molecule has 2 aromatic rings. The average Bonchev–Trinajstić information content (AvgIpc) is 3.29. The minimum Gasteiger partial charge on any atom is -0.490 e. The molecule has 12 heteroatoms. The minimum absolute atomic E-state index is 0.0187. The molecule has 0 radical (unpaired) electrons. The van der Waals surface area contributed by atoms with E-state index in [4.69, 9.17) is 30.5 Å². The highest BCUT2D eigenvalue weighted by atomic mass is 35.5. The highest BCUT2D eigenvalue weighted by Gasteiger charge is 2.37. The number of nitrogens with zero attached hydrogens (tertiary/aromatic N) is 1. The number of anilines is 1. The van der Waals surface area contributed by atoms with Crippen molar-refractivity contribution in [2.75, 3.05) is 32.0 Å². The summed E-state index contributed by atoms with van der Waals surface area (Å²) in [5, 5.41) is 2.22. The molecule has 2 heterocycles. The van der Waals surface area contributed by atoms with E-state index in [9.17, 15) is 19.2 Å². The normalized spacial score (nSPS) is 15.8. The number of fused-ring (bicyclic) bond motifs is 1. The van der Waals surface area contributed by atoms with E-state index in [1.807, 2.05) is 0 Å². The third kappa shape index (κ3) is 4.85. The second kappa shape index (κ2) is 9.94. The van der Waals surface area contributed by atoms with Gasteiger partial charge in [0.25, 0.3) is 11.8 Å². The van der Waals surface area contributed by atoms with Crippen molar-refractivity contribution < 1.29 is 42.9 Å². The molecule has 0 unspecified atom stereocenters. The lowest BCUT2D eigenvalue weighted by atomic mass is 10.1. The van der Waals surface area contributed by atoms with Crippen LogP contribution in [0, 0.1) is 0 Å². The second-order valence-electron chi connectivity index (χ2n) is 7.12. The number of esters is 1. The van der Waals surface area contributed by atoms with Crippen molar-refractivity contribution in [3.05, 3.63) is 46.5 Å². The van der Waals surface area contributed by atoms with Crippen LogP contribution in [0.3, 0.4) is 0 Å². The first kappa shape index (κ1) is 23.9. The molecule has 0 bridgehead atoms. The van der Waals surface area contributed by atoms with Crippen LogP contribution in [0.15, 0.2) is 35.9 Å². The van der Waals surface area contributed by atoms with Gasteiger partial charge in [0.1, 0.15) is 5.57 Å². The van der Waals surface area contributed by atoms with Gasteiger partial charge < -0.3 is 23.7 Å². The summed E-state index contributed by atoms with van der Waals surface area (Å²) in [5.41, 5.74) is 0.195. The summed E-state index contributed by atoms with van der Waals surface area (Å²) in [6, 6.07) is 6.51. The maximum absolute atomic E-state index is 13.2. The number of barbiturate groups is 1. The molecule has 0 spiro atoms. The van der Waals surface area contributed by atoms with Gasteiger partial charge in [-0.1, -0.05) is 11.6 Å². The molecule has 2 aliphatic rings. The molecule has 2 aliphatic heterocycles. The topological polar surface area (TPSA) is 130 Å². The smallest absolute Gasteiger partial charge is 0.343 e. The van der Waals surface area contributed by atoms with Crippen molar-refractivity contribution in [1.29, 1.82) is 0 Å². The van der Waals surface area contributed by atoms with Gasteiger partial charge >= 0.3 is 12.0 Å². The lowest BCUT2D eigenvalue weighted by molar-refractivity contribution is -0.143. The van der Waals surface area contributed by atoms with E-state index in [1.165, 1.54) is 37.5 Å². The number of hydrogen-bond acceptors (Lipinski definition) is 9. The number of rotatable bonds is 7. The molecule has 4 amide bonds. The summed E-state index contributed by atoms with van der Waals surface area (Å²) >= 11 is 6.33. The molecule has 1 fully saturated rings. The van der Waals surface area contributed by atoms with Gasteiger partial charge in [0.05, 0.1) is 24.4 Å². The van der Waals surface area contributed by atoms with E-state index in [0.29, 0.717) is 17.1 Å². The van der Waals surface area contributed by atoms with E-state index >= 15 is 0 Å². The highest BCUT2D eigenvalue weighted by Crippen LogP contribution is 2.38. The minimum atomic E-state index is -0.907. The molecule has 0 saturated carbocycles. The van der Waals surface area contributed by atoms with Crippen LogP contribution in [0.4, 0.5) is 10.5 Å². The highest BCUT2D eigenvalue weighted by molar-refractivity contribution is 6.39. The van der Waals surface area contributed by atoms with Crippen LogP contribution in [0.5, 0.6) is 23.0 Å². The van der Waals surface area contributed by atoms with Gasteiger partial charge in [0.15, 0.2) is 29.6 Å². The standard InChI is InChI=1S/C23H19ClN2O9/c1-3-32-18-8-12(7-15(24)20(18)33-10-19(27)31-2)6-14-21(28)25-23(30)26(22(14)29)13-4-5-16-17(9-13)35-11-34-16/h4-9H,3,10-11H2,1-2H3,(H,25,28,30)/b14-6+. The molecule has 11 nitrogen and oxygen atoms in total. The van der Waals surface area contributed by atoms with Crippen molar-refractivity contribution in [2.45, 2.75) is 6.92 Å². The molecule has 0 aromatic heterocycles. The Balaban J connectivity index is 1.68. The van der Waals surface area contributed by atoms with E-state index < -0.39 is 30.4 Å². The number of methoxy groups -OCH3 is 1. The van der Waals surface area contributed by atoms with Gasteiger partial charge in [0, 0.05) is 6.07 Å². The number of carbonyl (C=O) groups is 4. The maximum Gasteiger partial charge on any atom is 0.343 e. The van der Waals surface area contributed by atoms with E-state index in [2.05, 4.69) is 10.1 Å². The predicted octanol–water partition coefficient (Wildman–Crippen LogP) is 2.69. The first-order chi connectivity index (χ1) is 16.8. The Labute approximate surface area is 204 Å². The molecule has 1 N–H and O–H groups in total. The number of ether oxygens (including phenoxy) is 5. The molecule has 0 atom stereocenters. The van der Waals surface area contributed by atoms with Crippen LogP contribution in [-0.2, 0) is 19.1 Å². The number of urea groups is 1. The molecule has 4 rings (SSSR count). The summed E-state index contributed by atoms with van der Waals surface area (Å²) in [4.78, 5) is 50.4. The number of halogens is 1.